The van der Waals surface area contributed by atoms with E-state index >= 15 is 0 Å². The Morgan fingerprint density at radius 2 is 1.81 bits per heavy atom. The minimum absolute atomic E-state index is 0.0350. The van der Waals surface area contributed by atoms with Crippen LogP contribution in [-0.2, 0) is 18.5 Å². The van der Waals surface area contributed by atoms with E-state index in [-0.39, 0.29) is 11.4 Å². The number of carbonyl (C=O) groups excluding carboxylic acids is 1. The van der Waals surface area contributed by atoms with Crippen LogP contribution in [0.3, 0.4) is 0 Å². The average molecular weight is 452 g/mol. The maximum atomic E-state index is 13.4. The van der Waals surface area contributed by atoms with Gasteiger partial charge < -0.3 is 16.0 Å². The van der Waals surface area contributed by atoms with Crippen LogP contribution < -0.4 is 16.0 Å². The molecule has 6 heteroatoms. The number of anilines is 2. The summed E-state index contributed by atoms with van der Waals surface area (Å²) in [5, 5.41) is 4.40. The number of nitrogens with two attached hydrogens (primary N) is 1. The van der Waals surface area contributed by atoms with Crippen molar-refractivity contribution in [1.29, 1.82) is 0 Å². The highest BCUT2D eigenvalue weighted by molar-refractivity contribution is 6.42. The zero-order chi connectivity index (χ0) is 21.6. The third-order valence-corrected chi connectivity index (χ3v) is 6.99. The molecule has 1 aliphatic carbocycles. The van der Waals surface area contributed by atoms with Gasteiger partial charge in [-0.3, -0.25) is 4.79 Å². The van der Waals surface area contributed by atoms with Gasteiger partial charge in [0, 0.05) is 18.8 Å². The van der Waals surface area contributed by atoms with E-state index in [1.165, 1.54) is 5.56 Å². The molecule has 0 bridgehead atoms. The van der Waals surface area contributed by atoms with Crippen LogP contribution in [0.15, 0.2) is 60.7 Å². The second-order valence-corrected chi connectivity index (χ2v) is 9.21. The third kappa shape index (κ3) is 3.86. The van der Waals surface area contributed by atoms with E-state index in [9.17, 15) is 4.79 Å². The van der Waals surface area contributed by atoms with Gasteiger partial charge in [0.25, 0.3) is 5.91 Å². The fourth-order valence-electron chi connectivity index (χ4n) is 4.43. The molecule has 3 N–H and O–H groups in total. The van der Waals surface area contributed by atoms with Crippen LogP contribution in [-0.4, -0.2) is 12.5 Å². The van der Waals surface area contributed by atoms with Gasteiger partial charge in [0.05, 0.1) is 26.8 Å². The van der Waals surface area contributed by atoms with E-state index < -0.39 is 0 Å². The van der Waals surface area contributed by atoms with Gasteiger partial charge in [0.1, 0.15) is 0 Å². The highest BCUT2D eigenvalue weighted by Gasteiger charge is 2.46. The van der Waals surface area contributed by atoms with Gasteiger partial charge in [0.2, 0.25) is 0 Å². The molecular weight excluding hydrogens is 429 g/mol. The molecule has 31 heavy (non-hydrogen) atoms. The van der Waals surface area contributed by atoms with Crippen LogP contribution in [0.4, 0.5) is 11.4 Å². The van der Waals surface area contributed by atoms with Crippen LogP contribution in [0.5, 0.6) is 0 Å². The van der Waals surface area contributed by atoms with Crippen molar-refractivity contribution in [3.8, 4) is 0 Å². The quantitative estimate of drug-likeness (QED) is 0.499. The predicted octanol–water partition coefficient (Wildman–Crippen LogP) is 5.56. The highest BCUT2D eigenvalue weighted by atomic mass is 35.5. The Labute approximate surface area is 192 Å². The van der Waals surface area contributed by atoms with Crippen LogP contribution in [0.2, 0.25) is 10.0 Å². The van der Waals surface area contributed by atoms with Gasteiger partial charge in [-0.2, -0.15) is 0 Å². The normalized spacial score (nSPS) is 16.1. The summed E-state index contributed by atoms with van der Waals surface area (Å²) in [5.74, 6) is -0.0350. The van der Waals surface area contributed by atoms with E-state index in [1.54, 1.807) is 0 Å². The van der Waals surface area contributed by atoms with Crippen molar-refractivity contribution in [3.05, 3.63) is 93.0 Å². The molecule has 5 rings (SSSR count). The largest absolute Gasteiger partial charge is 0.399 e. The summed E-state index contributed by atoms with van der Waals surface area (Å²) in [4.78, 5) is 15.7. The van der Waals surface area contributed by atoms with Crippen molar-refractivity contribution in [2.45, 2.75) is 31.3 Å². The molecule has 2 aliphatic rings. The Kier molecular flexibility index (Phi) is 5.07. The van der Waals surface area contributed by atoms with Gasteiger partial charge in [0.15, 0.2) is 0 Å². The number of benzene rings is 3. The molecule has 0 atom stereocenters. The molecule has 1 amide bonds. The summed E-state index contributed by atoms with van der Waals surface area (Å²) in [5.41, 5.74) is 11.4. The van der Waals surface area contributed by atoms with Crippen molar-refractivity contribution >= 4 is 40.5 Å². The monoisotopic (exact) mass is 451 g/mol. The number of carbonyl (C=O) groups is 1. The lowest BCUT2D eigenvalue weighted by Gasteiger charge is -2.24. The lowest BCUT2D eigenvalue weighted by molar-refractivity contribution is 0.0931. The number of rotatable bonds is 5. The van der Waals surface area contributed by atoms with Gasteiger partial charge in [-0.1, -0.05) is 53.5 Å². The maximum Gasteiger partial charge on any atom is 0.254 e. The average Bonchev–Trinajstić information content (AvgIpc) is 3.43. The summed E-state index contributed by atoms with van der Waals surface area (Å²) in [6.07, 6.45) is 2.79. The molecule has 0 saturated heterocycles. The van der Waals surface area contributed by atoms with E-state index in [0.717, 1.165) is 53.9 Å². The fourth-order valence-corrected chi connectivity index (χ4v) is 4.75. The van der Waals surface area contributed by atoms with E-state index in [4.69, 9.17) is 28.9 Å². The Morgan fingerprint density at radius 3 is 2.52 bits per heavy atom. The Bertz CT molecular complexity index is 1160. The first-order valence-corrected chi connectivity index (χ1v) is 11.2. The summed E-state index contributed by atoms with van der Waals surface area (Å²) < 4.78 is 0. The summed E-state index contributed by atoms with van der Waals surface area (Å²) in [7, 11) is 0. The number of nitrogens with zero attached hydrogens (tertiary/aromatic N) is 1. The van der Waals surface area contributed by atoms with E-state index in [2.05, 4.69) is 16.3 Å². The Hall–Kier alpha value is -2.69. The minimum atomic E-state index is -0.291. The molecule has 4 nitrogen and oxygen atoms in total. The third-order valence-electron chi connectivity index (χ3n) is 6.26. The van der Waals surface area contributed by atoms with Gasteiger partial charge in [-0.25, -0.2) is 0 Å². The molecule has 158 valence electrons. The number of nitrogen functional groups attached to an aromatic ring is 1. The smallest absolute Gasteiger partial charge is 0.254 e. The molecular formula is C25H23Cl2N3O. The Morgan fingerprint density at radius 1 is 1.03 bits per heavy atom. The maximum absolute atomic E-state index is 13.4. The molecule has 0 radical (unpaired) electrons. The summed E-state index contributed by atoms with van der Waals surface area (Å²) in [6, 6.07) is 19.5. The zero-order valence-electron chi connectivity index (χ0n) is 17.0. The van der Waals surface area contributed by atoms with E-state index in [1.807, 2.05) is 54.6 Å². The predicted molar refractivity (Wildman–Crippen MR) is 127 cm³/mol. The van der Waals surface area contributed by atoms with Gasteiger partial charge >= 0.3 is 0 Å². The topological polar surface area (TPSA) is 58.4 Å². The molecule has 3 aromatic carbocycles. The SMILES string of the molecule is Nc1ccc(C2(NC(=O)c3cccc4c3N(Cc3ccc(Cl)c(Cl)c3)CC4)CC2)cc1. The van der Waals surface area contributed by atoms with Crippen molar-refractivity contribution in [2.24, 2.45) is 0 Å². The lowest BCUT2D eigenvalue weighted by atomic mass is 10.0. The Balaban J connectivity index is 1.41. The molecule has 1 aliphatic heterocycles. The first kappa shape index (κ1) is 20.2. The number of para-hydroxylation sites is 1. The number of nitrogens with one attached hydrogen (secondary N) is 1. The van der Waals surface area contributed by atoms with Crippen molar-refractivity contribution in [3.63, 3.8) is 0 Å². The second kappa shape index (κ2) is 7.77. The molecule has 1 saturated carbocycles. The molecule has 3 aromatic rings. The fraction of sp³-hybridized carbons (Fsp3) is 0.240. The van der Waals surface area contributed by atoms with Crippen LogP contribution in [0.25, 0.3) is 0 Å². The zero-order valence-corrected chi connectivity index (χ0v) is 18.5. The van der Waals surface area contributed by atoms with Crippen molar-refractivity contribution in [1.82, 2.24) is 5.32 Å². The number of hydrogen-bond donors (Lipinski definition) is 2. The van der Waals surface area contributed by atoms with Crippen molar-refractivity contribution < 1.29 is 4.79 Å². The first-order valence-electron chi connectivity index (χ1n) is 10.4. The summed E-state index contributed by atoms with van der Waals surface area (Å²) in [6.45, 7) is 1.54. The van der Waals surface area contributed by atoms with Crippen LogP contribution in [0.1, 0.15) is 39.9 Å². The number of fused-ring (bicyclic) bond motifs is 1. The number of halogens is 2. The molecule has 0 unspecified atom stereocenters. The lowest BCUT2D eigenvalue weighted by Crippen LogP contribution is -2.35. The molecule has 0 aromatic heterocycles. The molecule has 1 fully saturated rings. The summed E-state index contributed by atoms with van der Waals surface area (Å²) >= 11 is 12.3. The second-order valence-electron chi connectivity index (χ2n) is 8.39. The van der Waals surface area contributed by atoms with Gasteiger partial charge in [-0.05, 0) is 66.3 Å². The highest BCUT2D eigenvalue weighted by Crippen LogP contribution is 2.46. The molecule has 1 heterocycles. The van der Waals surface area contributed by atoms with Gasteiger partial charge in [-0.15, -0.1) is 0 Å². The van der Waals surface area contributed by atoms with Crippen LogP contribution in [0, 0.1) is 0 Å². The van der Waals surface area contributed by atoms with E-state index in [0.29, 0.717) is 16.6 Å². The number of hydrogen-bond acceptors (Lipinski definition) is 3. The standard InChI is InChI=1S/C25H23Cl2N3O/c26-21-9-4-16(14-22(21)27)15-30-13-10-17-2-1-3-20(23(17)30)24(31)29-25(11-12-25)18-5-7-19(28)8-6-18/h1-9,14H,10-13,15,28H2,(H,29,31). The first-order chi connectivity index (χ1) is 14.9. The van der Waals surface area contributed by atoms with Crippen LogP contribution >= 0.6 is 23.2 Å². The number of amides is 1. The minimum Gasteiger partial charge on any atom is -0.399 e. The van der Waals surface area contributed by atoms with Crippen molar-refractivity contribution in [2.75, 3.05) is 17.2 Å². The molecule has 0 spiro atoms.